The van der Waals surface area contributed by atoms with Crippen molar-refractivity contribution in [2.75, 3.05) is 6.54 Å². The highest BCUT2D eigenvalue weighted by Crippen LogP contribution is 2.22. The van der Waals surface area contributed by atoms with Gasteiger partial charge < -0.3 is 4.57 Å². The van der Waals surface area contributed by atoms with Crippen LogP contribution in [0.25, 0.3) is 22.6 Å². The number of hydrogen-bond donors (Lipinski definition) is 1. The average molecular weight is 393 g/mol. The van der Waals surface area contributed by atoms with E-state index in [-0.39, 0.29) is 12.3 Å². The molecule has 28 heavy (non-hydrogen) atoms. The normalized spacial score (nSPS) is 11.7. The Kier molecular flexibility index (Phi) is 5.14. The maximum atomic E-state index is 12.4. The van der Waals surface area contributed by atoms with Crippen LogP contribution in [0.4, 0.5) is 0 Å². The number of nitrogens with zero attached hydrogens (tertiary/aromatic N) is 4. The van der Waals surface area contributed by atoms with Crippen molar-refractivity contribution in [1.29, 1.82) is 0 Å². The summed E-state index contributed by atoms with van der Waals surface area (Å²) in [4.78, 5) is 13.1. The van der Waals surface area contributed by atoms with Gasteiger partial charge in [0.05, 0.1) is 5.75 Å². The Morgan fingerprint density at radius 3 is 2.50 bits per heavy atom. The quantitative estimate of drug-likeness (QED) is 0.521. The Labute approximate surface area is 163 Å². The molecule has 0 radical (unpaired) electrons. The van der Waals surface area contributed by atoms with Crippen molar-refractivity contribution in [1.82, 2.24) is 24.2 Å². The Morgan fingerprint density at radius 1 is 0.929 bits per heavy atom. The monoisotopic (exact) mass is 393 g/mol. The number of pyridine rings is 2. The minimum Gasteiger partial charge on any atom is -0.307 e. The Hall–Kier alpha value is -3.10. The van der Waals surface area contributed by atoms with Crippen LogP contribution in [0.1, 0.15) is 5.56 Å². The predicted molar refractivity (Wildman–Crippen MR) is 108 cm³/mol. The average Bonchev–Trinajstić information content (AvgIpc) is 3.08. The van der Waals surface area contributed by atoms with Crippen LogP contribution < -0.4 is 4.72 Å². The fourth-order valence-corrected chi connectivity index (χ4v) is 4.18. The van der Waals surface area contributed by atoms with Gasteiger partial charge in [-0.25, -0.2) is 23.1 Å². The van der Waals surface area contributed by atoms with Gasteiger partial charge in [-0.3, -0.25) is 4.98 Å². The van der Waals surface area contributed by atoms with Crippen molar-refractivity contribution in [2.24, 2.45) is 0 Å². The second kappa shape index (κ2) is 7.87. The fourth-order valence-electron chi connectivity index (χ4n) is 3.05. The first-order valence-electron chi connectivity index (χ1n) is 8.85. The summed E-state index contributed by atoms with van der Waals surface area (Å²) in [5.74, 6) is 0.687. The molecule has 0 saturated heterocycles. The third-order valence-corrected chi connectivity index (χ3v) is 5.66. The van der Waals surface area contributed by atoms with Gasteiger partial charge in [0.15, 0.2) is 5.65 Å². The van der Waals surface area contributed by atoms with E-state index in [0.29, 0.717) is 6.54 Å². The molecule has 0 saturated carbocycles. The highest BCUT2D eigenvalue weighted by molar-refractivity contribution is 7.88. The van der Waals surface area contributed by atoms with Gasteiger partial charge in [-0.05, 0) is 29.8 Å². The van der Waals surface area contributed by atoms with Crippen molar-refractivity contribution in [3.63, 3.8) is 0 Å². The Balaban J connectivity index is 1.55. The van der Waals surface area contributed by atoms with Crippen molar-refractivity contribution >= 4 is 21.2 Å². The van der Waals surface area contributed by atoms with Crippen molar-refractivity contribution in [3.8, 4) is 11.4 Å². The summed E-state index contributed by atoms with van der Waals surface area (Å²) in [6.07, 6.45) is 5.11. The molecule has 142 valence electrons. The Bertz CT molecular complexity index is 1180. The molecule has 3 heterocycles. The zero-order valence-electron chi connectivity index (χ0n) is 15.1. The molecule has 1 N–H and O–H groups in total. The Morgan fingerprint density at radius 2 is 1.71 bits per heavy atom. The summed E-state index contributed by atoms with van der Waals surface area (Å²) in [5.41, 5.74) is 3.14. The minimum absolute atomic E-state index is 0.0476. The lowest BCUT2D eigenvalue weighted by Crippen LogP contribution is -2.28. The number of benzene rings is 1. The van der Waals surface area contributed by atoms with Gasteiger partial charge in [0.2, 0.25) is 10.0 Å². The van der Waals surface area contributed by atoms with Crippen LogP contribution >= 0.6 is 0 Å². The van der Waals surface area contributed by atoms with E-state index in [2.05, 4.69) is 19.7 Å². The number of hydrogen-bond acceptors (Lipinski definition) is 5. The van der Waals surface area contributed by atoms with Crippen molar-refractivity contribution < 1.29 is 8.42 Å². The molecule has 1 aromatic carbocycles. The summed E-state index contributed by atoms with van der Waals surface area (Å²) in [6.45, 7) is 0.661. The van der Waals surface area contributed by atoms with E-state index >= 15 is 0 Å². The minimum atomic E-state index is -3.43. The number of nitrogens with one attached hydrogen (secondary N) is 1. The third-order valence-electron chi connectivity index (χ3n) is 4.30. The van der Waals surface area contributed by atoms with E-state index < -0.39 is 10.0 Å². The summed E-state index contributed by atoms with van der Waals surface area (Å²) in [6, 6.07) is 16.6. The molecule has 0 unspecified atom stereocenters. The topological polar surface area (TPSA) is 89.8 Å². The smallest absolute Gasteiger partial charge is 0.215 e. The second-order valence-electron chi connectivity index (χ2n) is 6.31. The lowest BCUT2D eigenvalue weighted by Gasteiger charge is -2.10. The van der Waals surface area contributed by atoms with Gasteiger partial charge >= 0.3 is 0 Å². The molecule has 3 aromatic heterocycles. The molecule has 0 atom stereocenters. The molecule has 0 aliphatic heterocycles. The SMILES string of the molecule is O=S(=O)(Cc1ccccc1)NCCn1c(-c2ccncc2)nc2cccnc21. The van der Waals surface area contributed by atoms with Gasteiger partial charge in [0.25, 0.3) is 0 Å². The first-order valence-corrected chi connectivity index (χ1v) is 10.5. The molecular weight excluding hydrogens is 374 g/mol. The number of imidazole rings is 1. The zero-order chi connectivity index (χ0) is 19.4. The molecule has 0 aliphatic carbocycles. The largest absolute Gasteiger partial charge is 0.307 e. The van der Waals surface area contributed by atoms with Crippen molar-refractivity contribution in [3.05, 3.63) is 78.8 Å². The van der Waals surface area contributed by atoms with Crippen LogP contribution in [-0.2, 0) is 22.3 Å². The van der Waals surface area contributed by atoms with Crippen LogP contribution in [-0.4, -0.2) is 34.5 Å². The lowest BCUT2D eigenvalue weighted by molar-refractivity contribution is 0.573. The zero-order valence-corrected chi connectivity index (χ0v) is 15.9. The third kappa shape index (κ3) is 4.08. The van der Waals surface area contributed by atoms with E-state index in [9.17, 15) is 8.42 Å². The first-order chi connectivity index (χ1) is 13.6. The van der Waals surface area contributed by atoms with Gasteiger partial charge in [-0.1, -0.05) is 30.3 Å². The second-order valence-corrected chi connectivity index (χ2v) is 8.11. The first kappa shape index (κ1) is 18.3. The van der Waals surface area contributed by atoms with E-state index in [4.69, 9.17) is 0 Å². The highest BCUT2D eigenvalue weighted by atomic mass is 32.2. The predicted octanol–water partition coefficient (Wildman–Crippen LogP) is 2.61. The lowest BCUT2D eigenvalue weighted by atomic mass is 10.2. The van der Waals surface area contributed by atoms with Gasteiger partial charge in [-0.2, -0.15) is 0 Å². The molecule has 0 bridgehead atoms. The number of fused-ring (bicyclic) bond motifs is 1. The fraction of sp³-hybridized carbons (Fsp3) is 0.150. The van der Waals surface area contributed by atoms with E-state index in [1.807, 2.05) is 47.0 Å². The molecule has 0 fully saturated rings. The molecule has 4 rings (SSSR count). The maximum Gasteiger partial charge on any atom is 0.215 e. The van der Waals surface area contributed by atoms with Crippen LogP contribution in [0, 0.1) is 0 Å². The molecule has 7 nitrogen and oxygen atoms in total. The summed E-state index contributed by atoms with van der Waals surface area (Å²) in [5, 5.41) is 0. The molecule has 0 aliphatic rings. The molecule has 0 spiro atoms. The van der Waals surface area contributed by atoms with Gasteiger partial charge in [0.1, 0.15) is 11.3 Å². The van der Waals surface area contributed by atoms with E-state index in [1.54, 1.807) is 30.7 Å². The molecule has 4 aromatic rings. The van der Waals surface area contributed by atoms with E-state index in [1.165, 1.54) is 0 Å². The van der Waals surface area contributed by atoms with Crippen LogP contribution in [0.5, 0.6) is 0 Å². The van der Waals surface area contributed by atoms with Crippen molar-refractivity contribution in [2.45, 2.75) is 12.3 Å². The summed E-state index contributed by atoms with van der Waals surface area (Å²) < 4.78 is 29.4. The summed E-state index contributed by atoms with van der Waals surface area (Å²) >= 11 is 0. The standard InChI is InChI=1S/C20H19N5O2S/c26-28(27,15-16-5-2-1-3-6-16)23-13-14-25-19(17-8-11-21-12-9-17)24-18-7-4-10-22-20(18)25/h1-12,23H,13-15H2. The number of aromatic nitrogens is 4. The maximum absolute atomic E-state index is 12.4. The van der Waals surface area contributed by atoms with Crippen LogP contribution in [0.3, 0.4) is 0 Å². The van der Waals surface area contributed by atoms with Crippen LogP contribution in [0.2, 0.25) is 0 Å². The number of sulfonamides is 1. The van der Waals surface area contributed by atoms with Crippen LogP contribution in [0.15, 0.2) is 73.2 Å². The summed E-state index contributed by atoms with van der Waals surface area (Å²) in [7, 11) is -3.43. The van der Waals surface area contributed by atoms with Gasteiger partial charge in [-0.15, -0.1) is 0 Å². The molecule has 0 amide bonds. The van der Waals surface area contributed by atoms with E-state index in [0.717, 1.165) is 28.1 Å². The molecule has 8 heteroatoms. The highest BCUT2D eigenvalue weighted by Gasteiger charge is 2.15. The molecular formula is C20H19N5O2S. The number of rotatable bonds is 7. The van der Waals surface area contributed by atoms with Gasteiger partial charge in [0, 0.05) is 37.2 Å².